The minimum atomic E-state index is 0.125. The van der Waals surface area contributed by atoms with Crippen LogP contribution in [0, 0.1) is 0 Å². The number of aromatic nitrogens is 2. The number of nitrogens with one attached hydrogen (secondary N) is 1. The van der Waals surface area contributed by atoms with Crippen LogP contribution in [-0.2, 0) is 6.54 Å². The number of imidazole rings is 1. The molecule has 38 heavy (non-hydrogen) atoms. The molecule has 2 aromatic carbocycles. The van der Waals surface area contributed by atoms with Gasteiger partial charge in [-0.05, 0) is 94.2 Å². The first-order chi connectivity index (χ1) is 18.6. The van der Waals surface area contributed by atoms with E-state index in [2.05, 4.69) is 34.7 Å². The number of anilines is 2. The summed E-state index contributed by atoms with van der Waals surface area (Å²) in [7, 11) is 1.68. The van der Waals surface area contributed by atoms with Crippen molar-refractivity contribution in [1.29, 1.82) is 0 Å². The summed E-state index contributed by atoms with van der Waals surface area (Å²) in [6, 6.07) is 13.9. The maximum atomic E-state index is 13.6. The number of nitrogens with zero attached hydrogens (tertiary/aromatic N) is 4. The van der Waals surface area contributed by atoms with Crippen LogP contribution in [0.2, 0.25) is 0 Å². The van der Waals surface area contributed by atoms with Crippen LogP contribution in [0.15, 0.2) is 42.5 Å². The van der Waals surface area contributed by atoms with Gasteiger partial charge < -0.3 is 24.4 Å². The zero-order valence-corrected chi connectivity index (χ0v) is 23.5. The van der Waals surface area contributed by atoms with Gasteiger partial charge in [0.15, 0.2) is 0 Å². The molecule has 4 rings (SSSR count). The highest BCUT2D eigenvalue weighted by Crippen LogP contribution is 2.26. The van der Waals surface area contributed by atoms with Crippen molar-refractivity contribution in [3.63, 3.8) is 0 Å². The summed E-state index contributed by atoms with van der Waals surface area (Å²) in [5.74, 6) is 1.76. The van der Waals surface area contributed by atoms with Gasteiger partial charge in [0.1, 0.15) is 5.75 Å². The molecule has 0 unspecified atom stereocenters. The molecular weight excluding hydrogens is 474 g/mol. The van der Waals surface area contributed by atoms with Crippen molar-refractivity contribution in [2.24, 2.45) is 0 Å². The van der Waals surface area contributed by atoms with Crippen LogP contribution in [-0.4, -0.2) is 65.1 Å². The van der Waals surface area contributed by atoms with Gasteiger partial charge in [-0.25, -0.2) is 4.98 Å². The first-order valence-electron chi connectivity index (χ1n) is 14.6. The molecule has 206 valence electrons. The van der Waals surface area contributed by atoms with Crippen LogP contribution in [0.5, 0.6) is 5.75 Å². The standard InChI is InChI=1S/C31H45N5O2/c1-4-6-21-35(22-7-5-2)30(37)25-12-17-28-29(24-25)36(23-11-20-34-18-9-8-10-19-34)31(33-28)32-26-13-15-27(38-3)16-14-26/h12-17,24H,4-11,18-23H2,1-3H3,(H,32,33). The smallest absolute Gasteiger partial charge is 0.253 e. The van der Waals surface area contributed by atoms with Gasteiger partial charge in [-0.2, -0.15) is 0 Å². The number of carbonyl (C=O) groups is 1. The van der Waals surface area contributed by atoms with Crippen molar-refractivity contribution in [3.05, 3.63) is 48.0 Å². The molecule has 7 heteroatoms. The number of methoxy groups -OCH3 is 1. The minimum absolute atomic E-state index is 0.125. The minimum Gasteiger partial charge on any atom is -0.497 e. The number of ether oxygens (including phenoxy) is 1. The summed E-state index contributed by atoms with van der Waals surface area (Å²) in [5.41, 5.74) is 3.62. The Morgan fingerprint density at radius 3 is 2.32 bits per heavy atom. The maximum absolute atomic E-state index is 13.6. The third-order valence-electron chi connectivity index (χ3n) is 7.50. The average molecular weight is 520 g/mol. The molecule has 1 aromatic heterocycles. The third kappa shape index (κ3) is 7.28. The Labute approximate surface area is 228 Å². The highest BCUT2D eigenvalue weighted by molar-refractivity contribution is 5.98. The molecule has 2 heterocycles. The van der Waals surface area contributed by atoms with Crippen molar-refractivity contribution in [3.8, 4) is 5.75 Å². The summed E-state index contributed by atoms with van der Waals surface area (Å²) >= 11 is 0. The molecule has 1 fully saturated rings. The number of piperidine rings is 1. The molecule has 3 aromatic rings. The highest BCUT2D eigenvalue weighted by atomic mass is 16.5. The van der Waals surface area contributed by atoms with E-state index < -0.39 is 0 Å². The molecule has 1 N–H and O–H groups in total. The summed E-state index contributed by atoms with van der Waals surface area (Å²) in [5, 5.41) is 3.52. The fourth-order valence-corrected chi connectivity index (χ4v) is 5.21. The van der Waals surface area contributed by atoms with Crippen molar-refractivity contribution in [2.45, 2.75) is 71.8 Å². The molecule has 1 amide bonds. The number of amides is 1. The Bertz CT molecular complexity index is 1140. The second-order valence-corrected chi connectivity index (χ2v) is 10.4. The summed E-state index contributed by atoms with van der Waals surface area (Å²) in [4.78, 5) is 23.1. The van der Waals surface area contributed by atoms with E-state index in [9.17, 15) is 4.79 Å². The normalized spacial score (nSPS) is 14.1. The Morgan fingerprint density at radius 2 is 1.66 bits per heavy atom. The van der Waals surface area contributed by atoms with Crippen molar-refractivity contribution < 1.29 is 9.53 Å². The highest BCUT2D eigenvalue weighted by Gasteiger charge is 2.19. The lowest BCUT2D eigenvalue weighted by Crippen LogP contribution is -2.33. The molecule has 0 spiro atoms. The van der Waals surface area contributed by atoms with E-state index in [0.717, 1.165) is 92.3 Å². The Balaban J connectivity index is 1.60. The van der Waals surface area contributed by atoms with E-state index in [1.54, 1.807) is 7.11 Å². The molecule has 0 saturated carbocycles. The number of likely N-dealkylation sites (tertiary alicyclic amines) is 1. The topological polar surface area (TPSA) is 62.6 Å². The van der Waals surface area contributed by atoms with Crippen LogP contribution >= 0.6 is 0 Å². The van der Waals surface area contributed by atoms with Gasteiger partial charge in [-0.1, -0.05) is 33.1 Å². The molecule has 1 aliphatic heterocycles. The Hall–Kier alpha value is -3.06. The van der Waals surface area contributed by atoms with Crippen molar-refractivity contribution in [2.75, 3.05) is 45.2 Å². The summed E-state index contributed by atoms with van der Waals surface area (Å²) in [6.07, 6.45) is 9.22. The summed E-state index contributed by atoms with van der Waals surface area (Å²) in [6.45, 7) is 10.3. The monoisotopic (exact) mass is 519 g/mol. The SMILES string of the molecule is CCCCN(CCCC)C(=O)c1ccc2nc(Nc3ccc(OC)cc3)n(CCCN3CCCCC3)c2c1. The van der Waals surface area contributed by atoms with Crippen LogP contribution < -0.4 is 10.1 Å². The van der Waals surface area contributed by atoms with Crippen LogP contribution in [0.3, 0.4) is 0 Å². The van der Waals surface area contributed by atoms with Crippen LogP contribution in [0.25, 0.3) is 11.0 Å². The van der Waals surface area contributed by atoms with E-state index in [1.807, 2.05) is 41.3 Å². The molecule has 7 nitrogen and oxygen atoms in total. The Kier molecular flexibility index (Phi) is 10.4. The van der Waals surface area contributed by atoms with Gasteiger partial charge in [0.05, 0.1) is 18.1 Å². The first-order valence-corrected chi connectivity index (χ1v) is 14.6. The van der Waals surface area contributed by atoms with Gasteiger partial charge in [0.2, 0.25) is 5.95 Å². The van der Waals surface area contributed by atoms with Gasteiger partial charge >= 0.3 is 0 Å². The fraction of sp³-hybridized carbons (Fsp3) is 0.548. The maximum Gasteiger partial charge on any atom is 0.253 e. The quantitative estimate of drug-likeness (QED) is 0.257. The van der Waals surface area contributed by atoms with Crippen LogP contribution in [0.1, 0.15) is 75.6 Å². The number of fused-ring (bicyclic) bond motifs is 1. The van der Waals surface area contributed by atoms with Gasteiger partial charge in [-0.3, -0.25) is 4.79 Å². The number of hydrogen-bond donors (Lipinski definition) is 1. The zero-order chi connectivity index (χ0) is 26.7. The van der Waals surface area contributed by atoms with E-state index >= 15 is 0 Å². The third-order valence-corrected chi connectivity index (χ3v) is 7.50. The number of hydrogen-bond acceptors (Lipinski definition) is 5. The van der Waals surface area contributed by atoms with E-state index in [-0.39, 0.29) is 5.91 Å². The molecule has 0 bridgehead atoms. The molecule has 1 saturated heterocycles. The summed E-state index contributed by atoms with van der Waals surface area (Å²) < 4.78 is 7.57. The lowest BCUT2D eigenvalue weighted by atomic mass is 10.1. The van der Waals surface area contributed by atoms with Gasteiger partial charge in [0, 0.05) is 30.9 Å². The lowest BCUT2D eigenvalue weighted by Gasteiger charge is -2.26. The molecule has 0 atom stereocenters. The Morgan fingerprint density at radius 1 is 0.947 bits per heavy atom. The second kappa shape index (κ2) is 14.2. The largest absolute Gasteiger partial charge is 0.497 e. The predicted molar refractivity (Wildman–Crippen MR) is 157 cm³/mol. The molecule has 1 aliphatic rings. The van der Waals surface area contributed by atoms with E-state index in [0.29, 0.717) is 0 Å². The first kappa shape index (κ1) is 28.0. The van der Waals surface area contributed by atoms with Gasteiger partial charge in [0.25, 0.3) is 5.91 Å². The average Bonchev–Trinajstić information content (AvgIpc) is 3.29. The number of carbonyl (C=O) groups excluding carboxylic acids is 1. The molecule has 0 aliphatic carbocycles. The number of unbranched alkanes of at least 4 members (excludes halogenated alkanes) is 2. The van der Waals surface area contributed by atoms with E-state index in [4.69, 9.17) is 9.72 Å². The number of rotatable bonds is 14. The zero-order valence-electron chi connectivity index (χ0n) is 23.5. The van der Waals surface area contributed by atoms with E-state index in [1.165, 1.54) is 32.4 Å². The van der Waals surface area contributed by atoms with Gasteiger partial charge in [-0.15, -0.1) is 0 Å². The predicted octanol–water partition coefficient (Wildman–Crippen LogP) is 6.71. The fourth-order valence-electron chi connectivity index (χ4n) is 5.21. The van der Waals surface area contributed by atoms with Crippen LogP contribution in [0.4, 0.5) is 11.6 Å². The lowest BCUT2D eigenvalue weighted by molar-refractivity contribution is 0.0751. The van der Waals surface area contributed by atoms with Crippen molar-refractivity contribution in [1.82, 2.24) is 19.4 Å². The number of aryl methyl sites for hydroxylation is 1. The number of benzene rings is 2. The molecule has 0 radical (unpaired) electrons. The van der Waals surface area contributed by atoms with Crippen molar-refractivity contribution >= 4 is 28.6 Å². The second-order valence-electron chi connectivity index (χ2n) is 10.4. The molecular formula is C31H45N5O2.